The number of allylic oxidation sites excluding steroid dienone is 3. The van der Waals surface area contributed by atoms with Crippen molar-refractivity contribution in [2.75, 3.05) is 0 Å². The van der Waals surface area contributed by atoms with Gasteiger partial charge in [-0.25, -0.2) is 0 Å². The zero-order chi connectivity index (χ0) is 22.1. The number of rotatable bonds is 6. The van der Waals surface area contributed by atoms with E-state index in [0.717, 1.165) is 36.3 Å². The summed E-state index contributed by atoms with van der Waals surface area (Å²) < 4.78 is 0. The van der Waals surface area contributed by atoms with Crippen molar-refractivity contribution < 1.29 is 15.3 Å². The normalized spacial score (nSPS) is 39.5. The summed E-state index contributed by atoms with van der Waals surface area (Å²) in [6, 6.07) is 0. The molecule has 0 aliphatic heterocycles. The average molecular weight is 417 g/mol. The molecular weight excluding hydrogens is 372 g/mol. The molecule has 0 radical (unpaired) electrons. The lowest BCUT2D eigenvalue weighted by molar-refractivity contribution is 0.0717. The fourth-order valence-corrected chi connectivity index (χ4v) is 6.65. The van der Waals surface area contributed by atoms with Crippen molar-refractivity contribution in [2.45, 2.75) is 104 Å². The Bertz CT molecular complexity index is 676. The first-order valence-corrected chi connectivity index (χ1v) is 12.3. The van der Waals surface area contributed by atoms with E-state index < -0.39 is 12.2 Å². The predicted octanol–water partition coefficient (Wildman–Crippen LogP) is 5.56. The second-order valence-corrected chi connectivity index (χ2v) is 11.0. The number of fused-ring (bicyclic) bond motifs is 1. The van der Waals surface area contributed by atoms with Crippen LogP contribution in [-0.4, -0.2) is 33.6 Å². The molecule has 30 heavy (non-hydrogen) atoms. The molecule has 3 rings (SSSR count). The molecular formula is C27H44O3. The molecule has 0 spiro atoms. The van der Waals surface area contributed by atoms with Gasteiger partial charge in [-0.3, -0.25) is 0 Å². The van der Waals surface area contributed by atoms with Gasteiger partial charge in [-0.1, -0.05) is 52.0 Å². The molecule has 0 bridgehead atoms. The van der Waals surface area contributed by atoms with Crippen molar-refractivity contribution in [3.8, 4) is 0 Å². The maximum atomic E-state index is 10.3. The monoisotopic (exact) mass is 416 g/mol. The van der Waals surface area contributed by atoms with Crippen LogP contribution >= 0.6 is 0 Å². The highest BCUT2D eigenvalue weighted by atomic mass is 16.3. The Balaban J connectivity index is 1.72. The van der Waals surface area contributed by atoms with Crippen molar-refractivity contribution in [1.82, 2.24) is 0 Å². The SMILES string of the molecule is C=C1/C(=C\C=C2/CCC[C@]3(C)[C@@H]2CC[C@H]3[C@@H](C)CC[C@H](O)C(C)C)C[C@@H](O)C[C@@H]1O. The van der Waals surface area contributed by atoms with E-state index in [1.165, 1.54) is 25.7 Å². The quantitative estimate of drug-likeness (QED) is 0.531. The lowest BCUT2D eigenvalue weighted by Crippen LogP contribution is -2.36. The molecule has 3 nitrogen and oxygen atoms in total. The van der Waals surface area contributed by atoms with Gasteiger partial charge in [-0.2, -0.15) is 0 Å². The second kappa shape index (κ2) is 9.71. The predicted molar refractivity (Wildman–Crippen MR) is 124 cm³/mol. The van der Waals surface area contributed by atoms with E-state index in [1.807, 2.05) is 0 Å². The first-order chi connectivity index (χ1) is 14.1. The molecule has 3 aliphatic rings. The van der Waals surface area contributed by atoms with Crippen molar-refractivity contribution in [3.63, 3.8) is 0 Å². The molecule has 3 saturated carbocycles. The standard InChI is InChI=1S/C27H44O3/c1-17(2)25(29)13-8-18(3)23-11-12-24-20(7-6-14-27(23,24)5)9-10-21-15-22(28)16-26(30)19(21)4/h9-10,17-18,22-26,28-30H,4,6-8,11-16H2,1-3,5H3/b20-9+,21-10-/t18-,22+,23-,24+,25-,26-,27-/m0/s1. The summed E-state index contributed by atoms with van der Waals surface area (Å²) in [5.41, 5.74) is 3.69. The molecule has 0 aromatic heterocycles. The molecule has 0 amide bonds. The molecule has 3 N–H and O–H groups in total. The lowest BCUT2D eigenvalue weighted by Gasteiger charge is -2.44. The van der Waals surface area contributed by atoms with Crippen LogP contribution < -0.4 is 0 Å². The number of hydrogen-bond acceptors (Lipinski definition) is 3. The van der Waals surface area contributed by atoms with Gasteiger partial charge in [0.1, 0.15) is 0 Å². The smallest absolute Gasteiger partial charge is 0.0811 e. The summed E-state index contributed by atoms with van der Waals surface area (Å²) in [5.74, 6) is 2.35. The Morgan fingerprint density at radius 1 is 1.13 bits per heavy atom. The van der Waals surface area contributed by atoms with Crippen molar-refractivity contribution >= 4 is 0 Å². The van der Waals surface area contributed by atoms with E-state index in [1.54, 1.807) is 5.57 Å². The summed E-state index contributed by atoms with van der Waals surface area (Å²) in [6.07, 6.45) is 12.4. The Morgan fingerprint density at radius 3 is 2.57 bits per heavy atom. The van der Waals surface area contributed by atoms with Crippen molar-refractivity contribution in [1.29, 1.82) is 0 Å². The zero-order valence-electron chi connectivity index (χ0n) is 19.6. The minimum atomic E-state index is -0.618. The van der Waals surface area contributed by atoms with Gasteiger partial charge in [0, 0.05) is 6.42 Å². The first kappa shape index (κ1) is 23.8. The Morgan fingerprint density at radius 2 is 1.87 bits per heavy atom. The average Bonchev–Trinajstić information content (AvgIpc) is 3.04. The summed E-state index contributed by atoms with van der Waals surface area (Å²) in [7, 11) is 0. The molecule has 3 aliphatic carbocycles. The summed E-state index contributed by atoms with van der Waals surface area (Å²) >= 11 is 0. The van der Waals surface area contributed by atoms with E-state index >= 15 is 0 Å². The van der Waals surface area contributed by atoms with Gasteiger partial charge < -0.3 is 15.3 Å². The number of aliphatic hydroxyl groups excluding tert-OH is 3. The minimum absolute atomic E-state index is 0.180. The van der Waals surface area contributed by atoms with Crippen LogP contribution in [0.15, 0.2) is 35.5 Å². The topological polar surface area (TPSA) is 60.7 Å². The Hall–Kier alpha value is -0.900. The molecule has 0 saturated heterocycles. The van der Waals surface area contributed by atoms with Crippen LogP contribution in [0.1, 0.15) is 85.5 Å². The van der Waals surface area contributed by atoms with Crippen LogP contribution in [0.25, 0.3) is 0 Å². The fourth-order valence-electron chi connectivity index (χ4n) is 6.65. The minimum Gasteiger partial charge on any atom is -0.393 e. The van der Waals surface area contributed by atoms with Crippen molar-refractivity contribution in [3.05, 3.63) is 35.5 Å². The van der Waals surface area contributed by atoms with Gasteiger partial charge in [-0.15, -0.1) is 0 Å². The fraction of sp³-hybridized carbons (Fsp3) is 0.778. The van der Waals surface area contributed by atoms with Crippen LogP contribution in [-0.2, 0) is 0 Å². The van der Waals surface area contributed by atoms with Gasteiger partial charge in [-0.05, 0) is 91.6 Å². The highest BCUT2D eigenvalue weighted by Gasteiger charge is 2.50. The molecule has 0 aromatic carbocycles. The zero-order valence-corrected chi connectivity index (χ0v) is 19.6. The lowest BCUT2D eigenvalue weighted by atomic mass is 9.60. The third kappa shape index (κ3) is 4.95. The third-order valence-electron chi connectivity index (χ3n) is 8.68. The first-order valence-electron chi connectivity index (χ1n) is 12.3. The maximum absolute atomic E-state index is 10.3. The van der Waals surface area contributed by atoms with E-state index in [-0.39, 0.29) is 6.10 Å². The third-order valence-corrected chi connectivity index (χ3v) is 8.68. The largest absolute Gasteiger partial charge is 0.393 e. The van der Waals surface area contributed by atoms with E-state index in [4.69, 9.17) is 0 Å². The van der Waals surface area contributed by atoms with Crippen LogP contribution in [0, 0.1) is 29.1 Å². The highest BCUT2D eigenvalue weighted by Crippen LogP contribution is 2.60. The summed E-state index contributed by atoms with van der Waals surface area (Å²) in [5, 5.41) is 30.4. The molecule has 170 valence electrons. The van der Waals surface area contributed by atoms with E-state index in [2.05, 4.69) is 46.4 Å². The Labute approximate surface area is 184 Å². The van der Waals surface area contributed by atoms with Crippen LogP contribution in [0.5, 0.6) is 0 Å². The number of hydrogen-bond donors (Lipinski definition) is 3. The molecule has 0 aromatic rings. The molecule has 3 heteroatoms. The molecule has 3 fully saturated rings. The summed E-state index contributed by atoms with van der Waals surface area (Å²) in [6.45, 7) is 13.2. The van der Waals surface area contributed by atoms with Crippen LogP contribution in [0.2, 0.25) is 0 Å². The molecule has 0 unspecified atom stereocenters. The second-order valence-electron chi connectivity index (χ2n) is 11.0. The van der Waals surface area contributed by atoms with Crippen molar-refractivity contribution in [2.24, 2.45) is 29.1 Å². The van der Waals surface area contributed by atoms with Gasteiger partial charge in [0.15, 0.2) is 0 Å². The van der Waals surface area contributed by atoms with Gasteiger partial charge in [0.05, 0.1) is 18.3 Å². The highest BCUT2D eigenvalue weighted by molar-refractivity contribution is 5.38. The van der Waals surface area contributed by atoms with E-state index in [9.17, 15) is 15.3 Å². The van der Waals surface area contributed by atoms with Crippen LogP contribution in [0.3, 0.4) is 0 Å². The van der Waals surface area contributed by atoms with Gasteiger partial charge in [0.25, 0.3) is 0 Å². The van der Waals surface area contributed by atoms with Gasteiger partial charge in [0.2, 0.25) is 0 Å². The van der Waals surface area contributed by atoms with E-state index in [0.29, 0.717) is 36.0 Å². The maximum Gasteiger partial charge on any atom is 0.0811 e. The summed E-state index contributed by atoms with van der Waals surface area (Å²) in [4.78, 5) is 0. The number of aliphatic hydroxyl groups is 3. The molecule has 0 heterocycles. The van der Waals surface area contributed by atoms with Crippen LogP contribution in [0.4, 0.5) is 0 Å². The van der Waals surface area contributed by atoms with Gasteiger partial charge >= 0.3 is 0 Å². The Kier molecular flexibility index (Phi) is 7.69. The molecule has 7 atom stereocenters.